The molecule has 0 amide bonds. The number of rotatable bonds is 4. The Morgan fingerprint density at radius 2 is 2.33 bits per heavy atom. The number of benzene rings is 1. The summed E-state index contributed by atoms with van der Waals surface area (Å²) in [6.45, 7) is 1.58. The first-order chi connectivity index (χ1) is 6.99. The molecular weight excluding hydrogens is 267 g/mol. The van der Waals surface area contributed by atoms with E-state index in [0.29, 0.717) is 4.47 Å². The molecule has 1 aromatic carbocycles. The second-order valence-corrected chi connectivity index (χ2v) is 4.02. The van der Waals surface area contributed by atoms with Gasteiger partial charge in [0.15, 0.2) is 11.6 Å². The highest BCUT2D eigenvalue weighted by molar-refractivity contribution is 9.10. The van der Waals surface area contributed by atoms with E-state index >= 15 is 0 Å². The fourth-order valence-electron chi connectivity index (χ4n) is 1.07. The SMILES string of the molecule is C[C@@H](CC(=O)O)Oc1cc(Br)ccc1F. The van der Waals surface area contributed by atoms with Gasteiger partial charge in [0.2, 0.25) is 0 Å². The zero-order chi connectivity index (χ0) is 11.4. The molecule has 0 aliphatic rings. The maximum Gasteiger partial charge on any atom is 0.307 e. The summed E-state index contributed by atoms with van der Waals surface area (Å²) in [6, 6.07) is 4.27. The van der Waals surface area contributed by atoms with E-state index in [0.717, 1.165) is 0 Å². The van der Waals surface area contributed by atoms with E-state index in [-0.39, 0.29) is 12.2 Å². The van der Waals surface area contributed by atoms with E-state index in [1.807, 2.05) is 0 Å². The first-order valence-corrected chi connectivity index (χ1v) is 5.12. The molecule has 0 aliphatic heterocycles. The third kappa shape index (κ3) is 3.87. The summed E-state index contributed by atoms with van der Waals surface area (Å²) in [4.78, 5) is 10.4. The highest BCUT2D eigenvalue weighted by atomic mass is 79.9. The van der Waals surface area contributed by atoms with Crippen LogP contribution in [0.2, 0.25) is 0 Å². The number of carboxylic acid groups (broad SMARTS) is 1. The minimum atomic E-state index is -0.974. The van der Waals surface area contributed by atoms with Gasteiger partial charge in [-0.15, -0.1) is 0 Å². The smallest absolute Gasteiger partial charge is 0.307 e. The van der Waals surface area contributed by atoms with E-state index in [4.69, 9.17) is 9.84 Å². The number of ether oxygens (including phenoxy) is 1. The minimum Gasteiger partial charge on any atom is -0.487 e. The lowest BCUT2D eigenvalue weighted by Gasteiger charge is -2.13. The van der Waals surface area contributed by atoms with Gasteiger partial charge in [0, 0.05) is 4.47 Å². The van der Waals surface area contributed by atoms with Gasteiger partial charge in [0.25, 0.3) is 0 Å². The van der Waals surface area contributed by atoms with Crippen LogP contribution in [0.25, 0.3) is 0 Å². The van der Waals surface area contributed by atoms with Crippen LogP contribution >= 0.6 is 15.9 Å². The van der Waals surface area contributed by atoms with Crippen LogP contribution in [0.3, 0.4) is 0 Å². The van der Waals surface area contributed by atoms with Crippen LogP contribution in [0, 0.1) is 5.82 Å². The number of halogens is 2. The Morgan fingerprint density at radius 1 is 1.67 bits per heavy atom. The van der Waals surface area contributed by atoms with E-state index in [1.54, 1.807) is 13.0 Å². The first-order valence-electron chi connectivity index (χ1n) is 4.32. The van der Waals surface area contributed by atoms with Crippen LogP contribution in [-0.4, -0.2) is 17.2 Å². The summed E-state index contributed by atoms with van der Waals surface area (Å²) >= 11 is 3.17. The Balaban J connectivity index is 2.71. The summed E-state index contributed by atoms with van der Waals surface area (Å²) in [7, 11) is 0. The largest absolute Gasteiger partial charge is 0.487 e. The number of hydrogen-bond donors (Lipinski definition) is 1. The molecule has 0 saturated carbocycles. The van der Waals surface area contributed by atoms with Crippen molar-refractivity contribution in [3.05, 3.63) is 28.5 Å². The molecular formula is C10H10BrFO3. The average molecular weight is 277 g/mol. The predicted molar refractivity (Wildman–Crippen MR) is 56.4 cm³/mol. The van der Waals surface area contributed by atoms with E-state index in [9.17, 15) is 9.18 Å². The highest BCUT2D eigenvalue weighted by Gasteiger charge is 2.12. The summed E-state index contributed by atoms with van der Waals surface area (Å²) in [5.74, 6) is -1.42. The molecule has 1 atom stereocenters. The summed E-state index contributed by atoms with van der Waals surface area (Å²) < 4.78 is 19.0. The van der Waals surface area contributed by atoms with Gasteiger partial charge in [-0.3, -0.25) is 4.79 Å². The third-order valence-electron chi connectivity index (χ3n) is 1.68. The van der Waals surface area contributed by atoms with Crippen molar-refractivity contribution in [2.24, 2.45) is 0 Å². The Bertz CT molecular complexity index is 368. The number of aliphatic carboxylic acids is 1. The summed E-state index contributed by atoms with van der Waals surface area (Å²) in [5, 5.41) is 8.50. The standard InChI is InChI=1S/C10H10BrFO3/c1-6(4-10(13)14)15-9-5-7(11)2-3-8(9)12/h2-3,5-6H,4H2,1H3,(H,13,14)/t6-/m0/s1. The fourth-order valence-corrected chi connectivity index (χ4v) is 1.41. The lowest BCUT2D eigenvalue weighted by atomic mass is 10.3. The normalized spacial score (nSPS) is 12.2. The maximum atomic E-state index is 13.2. The van der Waals surface area contributed by atoms with Gasteiger partial charge >= 0.3 is 5.97 Å². The molecule has 3 nitrogen and oxygen atoms in total. The van der Waals surface area contributed by atoms with Crippen LogP contribution < -0.4 is 4.74 Å². The lowest BCUT2D eigenvalue weighted by Crippen LogP contribution is -2.17. The van der Waals surface area contributed by atoms with Crippen molar-refractivity contribution in [1.82, 2.24) is 0 Å². The van der Waals surface area contributed by atoms with Crippen molar-refractivity contribution in [2.75, 3.05) is 0 Å². The zero-order valence-corrected chi connectivity index (χ0v) is 9.62. The topological polar surface area (TPSA) is 46.5 Å². The molecule has 0 fully saturated rings. The Kier molecular flexibility index (Phi) is 4.08. The molecule has 15 heavy (non-hydrogen) atoms. The molecule has 5 heteroatoms. The molecule has 0 heterocycles. The molecule has 0 aromatic heterocycles. The lowest BCUT2D eigenvalue weighted by molar-refractivity contribution is -0.138. The van der Waals surface area contributed by atoms with Crippen molar-refractivity contribution >= 4 is 21.9 Å². The van der Waals surface area contributed by atoms with Crippen LogP contribution in [0.4, 0.5) is 4.39 Å². The summed E-state index contributed by atoms with van der Waals surface area (Å²) in [6.07, 6.45) is -0.724. The molecule has 1 N–H and O–H groups in total. The monoisotopic (exact) mass is 276 g/mol. The van der Waals surface area contributed by atoms with Crippen molar-refractivity contribution in [2.45, 2.75) is 19.4 Å². The zero-order valence-electron chi connectivity index (χ0n) is 8.04. The van der Waals surface area contributed by atoms with Crippen molar-refractivity contribution in [3.63, 3.8) is 0 Å². The van der Waals surface area contributed by atoms with Crippen LogP contribution in [0.5, 0.6) is 5.75 Å². The molecule has 0 aliphatic carbocycles. The summed E-state index contributed by atoms with van der Waals surface area (Å²) in [5.41, 5.74) is 0. The molecule has 0 spiro atoms. The van der Waals surface area contributed by atoms with Gasteiger partial charge in [-0.25, -0.2) is 4.39 Å². The highest BCUT2D eigenvalue weighted by Crippen LogP contribution is 2.23. The fraction of sp³-hybridized carbons (Fsp3) is 0.300. The van der Waals surface area contributed by atoms with Gasteiger partial charge < -0.3 is 9.84 Å². The van der Waals surface area contributed by atoms with Crippen LogP contribution in [0.15, 0.2) is 22.7 Å². The van der Waals surface area contributed by atoms with Crippen molar-refractivity contribution < 1.29 is 19.0 Å². The first kappa shape index (κ1) is 12.0. The van der Waals surface area contributed by atoms with E-state index in [2.05, 4.69) is 15.9 Å². The molecule has 0 radical (unpaired) electrons. The molecule has 0 saturated heterocycles. The second kappa shape index (κ2) is 5.11. The second-order valence-electron chi connectivity index (χ2n) is 3.10. The van der Waals surface area contributed by atoms with Gasteiger partial charge in [0.05, 0.1) is 6.42 Å². The third-order valence-corrected chi connectivity index (χ3v) is 2.18. The quantitative estimate of drug-likeness (QED) is 0.920. The van der Waals surface area contributed by atoms with Crippen LogP contribution in [0.1, 0.15) is 13.3 Å². The number of hydrogen-bond acceptors (Lipinski definition) is 2. The van der Waals surface area contributed by atoms with Crippen LogP contribution in [-0.2, 0) is 4.79 Å². The number of carbonyl (C=O) groups is 1. The molecule has 1 aromatic rings. The Labute approximate surface area is 95.0 Å². The maximum absolute atomic E-state index is 13.2. The van der Waals surface area contributed by atoms with Crippen molar-refractivity contribution in [3.8, 4) is 5.75 Å². The Hall–Kier alpha value is -1.10. The van der Waals surface area contributed by atoms with Gasteiger partial charge in [-0.2, -0.15) is 0 Å². The molecule has 82 valence electrons. The average Bonchev–Trinajstić information content (AvgIpc) is 2.10. The molecule has 0 bridgehead atoms. The Morgan fingerprint density at radius 3 is 2.93 bits per heavy atom. The minimum absolute atomic E-state index is 0.0538. The van der Waals surface area contributed by atoms with Gasteiger partial charge in [0.1, 0.15) is 6.10 Å². The number of carboxylic acids is 1. The van der Waals surface area contributed by atoms with E-state index < -0.39 is 17.9 Å². The predicted octanol–water partition coefficient (Wildman–Crippen LogP) is 2.83. The molecule has 0 unspecified atom stereocenters. The van der Waals surface area contributed by atoms with Crippen molar-refractivity contribution in [1.29, 1.82) is 0 Å². The van der Waals surface area contributed by atoms with Gasteiger partial charge in [-0.1, -0.05) is 15.9 Å². The van der Waals surface area contributed by atoms with E-state index in [1.165, 1.54) is 12.1 Å². The van der Waals surface area contributed by atoms with Gasteiger partial charge in [-0.05, 0) is 25.1 Å². The molecule has 1 rings (SSSR count).